The number of aromatic nitrogens is 4. The second-order valence-corrected chi connectivity index (χ2v) is 8.78. The molecule has 3 aromatic rings. The lowest BCUT2D eigenvalue weighted by molar-refractivity contribution is 0.0740. The number of benzene rings is 1. The molecule has 0 amide bonds. The van der Waals surface area contributed by atoms with Gasteiger partial charge in [-0.15, -0.1) is 0 Å². The van der Waals surface area contributed by atoms with Crippen molar-refractivity contribution in [3.05, 3.63) is 53.9 Å². The molecule has 2 aromatic heterocycles. The number of methoxy groups -OCH3 is 1. The summed E-state index contributed by atoms with van der Waals surface area (Å²) in [6.45, 7) is 4.98. The highest BCUT2D eigenvalue weighted by Gasteiger charge is 2.29. The molecular weight excluding hydrogens is 453 g/mol. The van der Waals surface area contributed by atoms with Crippen molar-refractivity contribution in [3.8, 4) is 11.8 Å². The molecule has 0 bridgehead atoms. The van der Waals surface area contributed by atoms with Gasteiger partial charge in [-0.05, 0) is 31.4 Å². The number of aliphatic hydroxyl groups is 1. The average Bonchev–Trinajstić information content (AvgIpc) is 2.87. The second kappa shape index (κ2) is 10.1. The van der Waals surface area contributed by atoms with Crippen molar-refractivity contribution >= 4 is 16.9 Å². The lowest BCUT2D eigenvalue weighted by Crippen LogP contribution is -2.48. The van der Waals surface area contributed by atoms with Crippen LogP contribution in [-0.2, 0) is 13.1 Å². The summed E-state index contributed by atoms with van der Waals surface area (Å²) in [6, 6.07) is 2.96. The van der Waals surface area contributed by atoms with Gasteiger partial charge >= 0.3 is 0 Å². The van der Waals surface area contributed by atoms with Gasteiger partial charge in [-0.3, -0.25) is 0 Å². The fourth-order valence-electron chi connectivity index (χ4n) is 4.46. The van der Waals surface area contributed by atoms with E-state index in [1.54, 1.807) is 12.3 Å². The highest BCUT2D eigenvalue weighted by atomic mass is 19.1. The molecule has 1 fully saturated rings. The Hall–Kier alpha value is -3.41. The number of nitrogens with zero attached hydrogens (tertiary/aromatic N) is 4. The summed E-state index contributed by atoms with van der Waals surface area (Å²) in [5, 5.41) is 20.6. The van der Waals surface area contributed by atoms with Gasteiger partial charge in [0.05, 0.1) is 36.8 Å². The standard InChI is InChI=1S/C24H28FN7O3/c1-13-12-35-24-23(30-13)31-15(9-29-24)8-26-14-3-5-18(20(33)7-14)27-10-16-17(25)4-6-19-22(16)32-21(34-2)11-28-19/h4,6,9,11,14,18,20,26-27,33H,1,3,5,7-8,10,12H2,2H3,(H,30,31)/t14-,18-,20+/m1/s1. The Bertz CT molecular complexity index is 1240. The summed E-state index contributed by atoms with van der Waals surface area (Å²) in [7, 11) is 1.50. The van der Waals surface area contributed by atoms with Crippen LogP contribution in [0.25, 0.3) is 11.0 Å². The van der Waals surface area contributed by atoms with Crippen LogP contribution in [-0.4, -0.2) is 56.9 Å². The minimum absolute atomic E-state index is 0.129. The Morgan fingerprint density at radius 1 is 1.20 bits per heavy atom. The Morgan fingerprint density at radius 2 is 2.09 bits per heavy atom. The van der Waals surface area contributed by atoms with Gasteiger partial charge in [0.1, 0.15) is 17.9 Å². The van der Waals surface area contributed by atoms with Crippen LogP contribution in [0.4, 0.5) is 10.2 Å². The van der Waals surface area contributed by atoms with Crippen molar-refractivity contribution in [2.75, 3.05) is 19.0 Å². The lowest BCUT2D eigenvalue weighted by Gasteiger charge is -2.34. The van der Waals surface area contributed by atoms with E-state index in [9.17, 15) is 9.50 Å². The molecule has 11 heteroatoms. The van der Waals surface area contributed by atoms with E-state index >= 15 is 0 Å². The third-order valence-electron chi connectivity index (χ3n) is 6.35. The van der Waals surface area contributed by atoms with Gasteiger partial charge < -0.3 is 30.5 Å². The van der Waals surface area contributed by atoms with E-state index in [4.69, 9.17) is 9.47 Å². The van der Waals surface area contributed by atoms with E-state index in [2.05, 4.69) is 42.5 Å². The summed E-state index contributed by atoms with van der Waals surface area (Å²) in [6.07, 6.45) is 4.78. The first-order chi connectivity index (χ1) is 17.0. The SMILES string of the molecule is C=C1COc2ncc(CN[C@@H]3CC[C@@H](NCc4c(F)ccc5ncc(OC)nc45)[C@@H](O)C3)nc2N1. The molecule has 0 radical (unpaired) electrons. The average molecular weight is 482 g/mol. The molecule has 1 saturated carbocycles. The van der Waals surface area contributed by atoms with E-state index in [1.807, 2.05) is 0 Å². The minimum atomic E-state index is -0.576. The maximum absolute atomic E-state index is 14.6. The van der Waals surface area contributed by atoms with Crippen LogP contribution >= 0.6 is 0 Å². The minimum Gasteiger partial charge on any atom is -0.480 e. The van der Waals surface area contributed by atoms with Crippen LogP contribution in [0, 0.1) is 5.82 Å². The van der Waals surface area contributed by atoms with Crippen molar-refractivity contribution in [2.24, 2.45) is 0 Å². The smallest absolute Gasteiger partial charge is 0.258 e. The maximum Gasteiger partial charge on any atom is 0.258 e. The van der Waals surface area contributed by atoms with Crippen molar-refractivity contribution < 1.29 is 19.0 Å². The molecule has 1 aromatic carbocycles. The Labute approximate surface area is 202 Å². The van der Waals surface area contributed by atoms with Crippen LogP contribution in [0.5, 0.6) is 11.8 Å². The van der Waals surface area contributed by atoms with Crippen molar-refractivity contribution in [1.82, 2.24) is 30.6 Å². The lowest BCUT2D eigenvalue weighted by atomic mass is 9.88. The molecule has 1 aliphatic heterocycles. The summed E-state index contributed by atoms with van der Waals surface area (Å²) in [5.41, 5.74) is 2.96. The zero-order chi connectivity index (χ0) is 24.4. The van der Waals surface area contributed by atoms with E-state index in [1.165, 1.54) is 19.4 Å². The van der Waals surface area contributed by atoms with E-state index in [0.29, 0.717) is 53.7 Å². The fraction of sp³-hybridized carbons (Fsp3) is 0.417. The molecule has 0 spiro atoms. The second-order valence-electron chi connectivity index (χ2n) is 8.78. The van der Waals surface area contributed by atoms with Crippen LogP contribution < -0.4 is 25.4 Å². The van der Waals surface area contributed by atoms with Crippen molar-refractivity contribution in [2.45, 2.75) is 50.5 Å². The molecule has 0 saturated heterocycles. The number of hydrogen-bond acceptors (Lipinski definition) is 10. The Kier molecular flexibility index (Phi) is 6.71. The topological polar surface area (TPSA) is 126 Å². The monoisotopic (exact) mass is 481 g/mol. The van der Waals surface area contributed by atoms with Gasteiger partial charge in [0.25, 0.3) is 5.88 Å². The number of aliphatic hydroxyl groups excluding tert-OH is 1. The first-order valence-corrected chi connectivity index (χ1v) is 11.6. The highest BCUT2D eigenvalue weighted by Crippen LogP contribution is 2.26. The summed E-state index contributed by atoms with van der Waals surface area (Å²) in [4.78, 5) is 17.5. The van der Waals surface area contributed by atoms with E-state index < -0.39 is 6.10 Å². The molecule has 3 heterocycles. The van der Waals surface area contributed by atoms with Crippen LogP contribution in [0.2, 0.25) is 0 Å². The normalized spacial score (nSPS) is 21.8. The van der Waals surface area contributed by atoms with Gasteiger partial charge in [0, 0.05) is 36.4 Å². The number of hydrogen-bond donors (Lipinski definition) is 4. The van der Waals surface area contributed by atoms with Gasteiger partial charge in [-0.25, -0.2) is 24.3 Å². The van der Waals surface area contributed by atoms with Gasteiger partial charge in [0.15, 0.2) is 5.82 Å². The third kappa shape index (κ3) is 5.16. The molecule has 5 rings (SSSR count). The van der Waals surface area contributed by atoms with Crippen LogP contribution in [0.15, 0.2) is 36.8 Å². The van der Waals surface area contributed by atoms with Crippen molar-refractivity contribution in [1.29, 1.82) is 0 Å². The summed E-state index contributed by atoms with van der Waals surface area (Å²) < 4.78 is 25.2. The molecule has 35 heavy (non-hydrogen) atoms. The molecular formula is C24H28FN7O3. The van der Waals surface area contributed by atoms with E-state index in [0.717, 1.165) is 24.2 Å². The Morgan fingerprint density at radius 3 is 2.91 bits per heavy atom. The molecule has 2 aliphatic rings. The maximum atomic E-state index is 14.6. The number of anilines is 1. The highest BCUT2D eigenvalue weighted by molar-refractivity contribution is 5.78. The van der Waals surface area contributed by atoms with Crippen LogP contribution in [0.1, 0.15) is 30.5 Å². The molecule has 4 N–H and O–H groups in total. The van der Waals surface area contributed by atoms with Crippen LogP contribution in [0.3, 0.4) is 0 Å². The predicted molar refractivity (Wildman–Crippen MR) is 127 cm³/mol. The number of halogens is 1. The third-order valence-corrected chi connectivity index (χ3v) is 6.35. The number of ether oxygens (including phenoxy) is 2. The first-order valence-electron chi connectivity index (χ1n) is 11.6. The summed E-state index contributed by atoms with van der Waals surface area (Å²) >= 11 is 0. The fourth-order valence-corrected chi connectivity index (χ4v) is 4.46. The molecule has 3 atom stereocenters. The van der Waals surface area contributed by atoms with Gasteiger partial charge in [-0.1, -0.05) is 6.58 Å². The van der Waals surface area contributed by atoms with Crippen molar-refractivity contribution in [3.63, 3.8) is 0 Å². The quantitative estimate of drug-likeness (QED) is 0.398. The van der Waals surface area contributed by atoms with Gasteiger partial charge in [0.2, 0.25) is 5.88 Å². The number of rotatable bonds is 7. The summed E-state index contributed by atoms with van der Waals surface area (Å²) in [5.74, 6) is 0.992. The largest absolute Gasteiger partial charge is 0.480 e. The van der Waals surface area contributed by atoms with E-state index in [-0.39, 0.29) is 24.4 Å². The number of fused-ring (bicyclic) bond motifs is 2. The zero-order valence-corrected chi connectivity index (χ0v) is 19.4. The Balaban J connectivity index is 1.16. The predicted octanol–water partition coefficient (Wildman–Crippen LogP) is 2.05. The molecule has 0 unspecified atom stereocenters. The van der Waals surface area contributed by atoms with Gasteiger partial charge in [-0.2, -0.15) is 0 Å². The number of nitrogens with one attached hydrogen (secondary N) is 3. The molecule has 10 nitrogen and oxygen atoms in total. The zero-order valence-electron chi connectivity index (χ0n) is 19.4. The molecule has 1 aliphatic carbocycles. The molecule has 184 valence electrons. The first kappa shape index (κ1) is 23.3.